The molecule has 0 radical (unpaired) electrons. The van der Waals surface area contributed by atoms with Gasteiger partial charge in [0.1, 0.15) is 0 Å². The Balaban J connectivity index is 2.63. The lowest BCUT2D eigenvalue weighted by Gasteiger charge is -2.02. The van der Waals surface area contributed by atoms with E-state index in [1.165, 1.54) is 0 Å². The SMILES string of the molecule is C=CCC(=O)Nc1cccc(Br)c1. The summed E-state index contributed by atoms with van der Waals surface area (Å²) in [4.78, 5) is 11.1. The molecule has 0 saturated heterocycles. The van der Waals surface area contributed by atoms with Gasteiger partial charge < -0.3 is 5.32 Å². The fourth-order valence-corrected chi connectivity index (χ4v) is 1.31. The summed E-state index contributed by atoms with van der Waals surface area (Å²) in [6.45, 7) is 3.49. The number of nitrogens with one attached hydrogen (secondary N) is 1. The largest absolute Gasteiger partial charge is 0.326 e. The molecule has 0 aliphatic rings. The van der Waals surface area contributed by atoms with Crippen LogP contribution in [0.15, 0.2) is 41.4 Å². The summed E-state index contributed by atoms with van der Waals surface area (Å²) in [7, 11) is 0. The van der Waals surface area contributed by atoms with E-state index in [-0.39, 0.29) is 5.91 Å². The number of rotatable bonds is 3. The zero-order valence-corrected chi connectivity index (χ0v) is 8.67. The summed E-state index contributed by atoms with van der Waals surface area (Å²) >= 11 is 3.32. The molecule has 1 rings (SSSR count). The Morgan fingerprint density at radius 3 is 3.00 bits per heavy atom. The van der Waals surface area contributed by atoms with E-state index in [9.17, 15) is 4.79 Å². The van der Waals surface area contributed by atoms with Gasteiger partial charge in [-0.2, -0.15) is 0 Å². The van der Waals surface area contributed by atoms with Crippen LogP contribution in [0, 0.1) is 0 Å². The number of carbonyl (C=O) groups excluding carboxylic acids is 1. The Morgan fingerprint density at radius 1 is 1.62 bits per heavy atom. The maximum absolute atomic E-state index is 11.1. The zero-order chi connectivity index (χ0) is 9.68. The predicted octanol–water partition coefficient (Wildman–Crippen LogP) is 2.96. The number of halogens is 1. The van der Waals surface area contributed by atoms with Crippen LogP contribution in [-0.2, 0) is 4.79 Å². The molecule has 13 heavy (non-hydrogen) atoms. The van der Waals surface area contributed by atoms with Crippen LogP contribution in [0.2, 0.25) is 0 Å². The van der Waals surface area contributed by atoms with Gasteiger partial charge in [0.25, 0.3) is 0 Å². The van der Waals surface area contributed by atoms with Gasteiger partial charge in [-0.25, -0.2) is 0 Å². The summed E-state index contributed by atoms with van der Waals surface area (Å²) in [6.07, 6.45) is 1.92. The molecule has 0 heterocycles. The molecular weight excluding hydrogens is 230 g/mol. The first-order chi connectivity index (χ1) is 6.22. The van der Waals surface area contributed by atoms with Crippen molar-refractivity contribution in [1.29, 1.82) is 0 Å². The molecule has 0 unspecified atom stereocenters. The standard InChI is InChI=1S/C10H10BrNO/c1-2-4-10(13)12-9-6-3-5-8(11)7-9/h2-3,5-7H,1,4H2,(H,12,13). The van der Waals surface area contributed by atoms with Crippen molar-refractivity contribution < 1.29 is 4.79 Å². The Labute approximate surface area is 85.8 Å². The molecule has 0 spiro atoms. The molecule has 1 aromatic carbocycles. The number of benzene rings is 1. The number of hydrogen-bond donors (Lipinski definition) is 1. The summed E-state index contributed by atoms with van der Waals surface area (Å²) in [5.74, 6) is -0.0481. The van der Waals surface area contributed by atoms with Gasteiger partial charge in [0.15, 0.2) is 0 Å². The second-order valence-corrected chi connectivity index (χ2v) is 3.47. The molecule has 0 aromatic heterocycles. The summed E-state index contributed by atoms with van der Waals surface area (Å²) < 4.78 is 0.948. The Kier molecular flexibility index (Phi) is 3.71. The van der Waals surface area contributed by atoms with E-state index >= 15 is 0 Å². The number of carbonyl (C=O) groups is 1. The normalized spacial score (nSPS) is 9.31. The zero-order valence-electron chi connectivity index (χ0n) is 7.09. The molecule has 1 N–H and O–H groups in total. The fraction of sp³-hybridized carbons (Fsp3) is 0.100. The van der Waals surface area contributed by atoms with Crippen molar-refractivity contribution in [1.82, 2.24) is 0 Å². The number of amides is 1. The average Bonchev–Trinajstić information content (AvgIpc) is 2.04. The van der Waals surface area contributed by atoms with E-state index in [0.717, 1.165) is 10.2 Å². The summed E-state index contributed by atoms with van der Waals surface area (Å²) in [6, 6.07) is 7.46. The topological polar surface area (TPSA) is 29.1 Å². The van der Waals surface area contributed by atoms with Gasteiger partial charge in [0.2, 0.25) is 5.91 Å². The number of anilines is 1. The van der Waals surface area contributed by atoms with Gasteiger partial charge in [-0.15, -0.1) is 6.58 Å². The highest BCUT2D eigenvalue weighted by Crippen LogP contribution is 2.15. The van der Waals surface area contributed by atoms with Gasteiger partial charge in [-0.1, -0.05) is 28.1 Å². The maximum atomic E-state index is 11.1. The Bertz CT molecular complexity index is 322. The lowest BCUT2D eigenvalue weighted by atomic mass is 10.3. The van der Waals surface area contributed by atoms with Crippen LogP contribution < -0.4 is 5.32 Å². The van der Waals surface area contributed by atoms with E-state index in [1.807, 2.05) is 24.3 Å². The molecule has 0 bridgehead atoms. The first-order valence-electron chi connectivity index (χ1n) is 3.88. The molecule has 0 saturated carbocycles. The van der Waals surface area contributed by atoms with Crippen LogP contribution in [0.25, 0.3) is 0 Å². The van der Waals surface area contributed by atoms with Crippen molar-refractivity contribution in [2.45, 2.75) is 6.42 Å². The minimum absolute atomic E-state index is 0.0481. The first kappa shape index (κ1) is 9.99. The van der Waals surface area contributed by atoms with Gasteiger partial charge in [0.05, 0.1) is 0 Å². The Hall–Kier alpha value is -1.09. The van der Waals surface area contributed by atoms with Crippen molar-refractivity contribution in [3.05, 3.63) is 41.4 Å². The van der Waals surface area contributed by atoms with Crippen LogP contribution >= 0.6 is 15.9 Å². The van der Waals surface area contributed by atoms with Crippen LogP contribution in [0.1, 0.15) is 6.42 Å². The highest BCUT2D eigenvalue weighted by atomic mass is 79.9. The lowest BCUT2D eigenvalue weighted by molar-refractivity contribution is -0.115. The second-order valence-electron chi connectivity index (χ2n) is 2.55. The quantitative estimate of drug-likeness (QED) is 0.808. The van der Waals surface area contributed by atoms with Crippen molar-refractivity contribution in [3.8, 4) is 0 Å². The third-order valence-electron chi connectivity index (χ3n) is 1.44. The van der Waals surface area contributed by atoms with Crippen molar-refractivity contribution in [3.63, 3.8) is 0 Å². The van der Waals surface area contributed by atoms with Gasteiger partial charge >= 0.3 is 0 Å². The van der Waals surface area contributed by atoms with E-state index in [2.05, 4.69) is 27.8 Å². The lowest BCUT2D eigenvalue weighted by Crippen LogP contribution is -2.09. The molecule has 2 nitrogen and oxygen atoms in total. The molecule has 0 atom stereocenters. The minimum atomic E-state index is -0.0481. The minimum Gasteiger partial charge on any atom is -0.326 e. The molecule has 0 aliphatic carbocycles. The fourth-order valence-electron chi connectivity index (χ4n) is 0.909. The maximum Gasteiger partial charge on any atom is 0.228 e. The molecule has 1 aromatic rings. The third kappa shape index (κ3) is 3.42. The molecule has 1 amide bonds. The molecule has 0 fully saturated rings. The van der Waals surface area contributed by atoms with E-state index in [1.54, 1.807) is 6.08 Å². The van der Waals surface area contributed by atoms with Gasteiger partial charge in [0, 0.05) is 16.6 Å². The van der Waals surface area contributed by atoms with Gasteiger partial charge in [-0.3, -0.25) is 4.79 Å². The van der Waals surface area contributed by atoms with Crippen LogP contribution in [0.3, 0.4) is 0 Å². The van der Waals surface area contributed by atoms with Crippen LogP contribution in [0.4, 0.5) is 5.69 Å². The van der Waals surface area contributed by atoms with Crippen LogP contribution in [0.5, 0.6) is 0 Å². The Morgan fingerprint density at radius 2 is 2.38 bits per heavy atom. The monoisotopic (exact) mass is 239 g/mol. The summed E-state index contributed by atoms with van der Waals surface area (Å²) in [5.41, 5.74) is 0.793. The van der Waals surface area contributed by atoms with E-state index in [4.69, 9.17) is 0 Å². The van der Waals surface area contributed by atoms with E-state index in [0.29, 0.717) is 6.42 Å². The van der Waals surface area contributed by atoms with Gasteiger partial charge in [-0.05, 0) is 18.2 Å². The van der Waals surface area contributed by atoms with Crippen molar-refractivity contribution in [2.75, 3.05) is 5.32 Å². The second kappa shape index (κ2) is 4.82. The van der Waals surface area contributed by atoms with E-state index < -0.39 is 0 Å². The third-order valence-corrected chi connectivity index (χ3v) is 1.93. The molecule has 68 valence electrons. The van der Waals surface area contributed by atoms with Crippen molar-refractivity contribution in [2.24, 2.45) is 0 Å². The average molecular weight is 240 g/mol. The number of hydrogen-bond acceptors (Lipinski definition) is 1. The molecule has 0 aliphatic heterocycles. The predicted molar refractivity (Wildman–Crippen MR) is 57.6 cm³/mol. The highest BCUT2D eigenvalue weighted by molar-refractivity contribution is 9.10. The molecular formula is C10H10BrNO. The van der Waals surface area contributed by atoms with Crippen molar-refractivity contribution >= 4 is 27.5 Å². The highest BCUT2D eigenvalue weighted by Gasteiger charge is 1.98. The van der Waals surface area contributed by atoms with Crippen LogP contribution in [-0.4, -0.2) is 5.91 Å². The summed E-state index contributed by atoms with van der Waals surface area (Å²) in [5, 5.41) is 2.74. The molecule has 3 heteroatoms. The first-order valence-corrected chi connectivity index (χ1v) is 4.68. The smallest absolute Gasteiger partial charge is 0.228 e.